The minimum absolute atomic E-state index is 0.877. The molecular weight excluding hydrogens is 583 g/mol. The van der Waals surface area contributed by atoms with Crippen molar-refractivity contribution in [2.24, 2.45) is 0 Å². The molecule has 0 saturated heterocycles. The molecule has 1 aromatic heterocycles. The second kappa shape index (κ2) is 10.6. The molecule has 0 N–H and O–H groups in total. The van der Waals surface area contributed by atoms with E-state index in [1.165, 1.54) is 54.2 Å². The van der Waals surface area contributed by atoms with Gasteiger partial charge in [-0.3, -0.25) is 0 Å². The Morgan fingerprint density at radius 1 is 0.354 bits per heavy atom. The third-order valence-electron chi connectivity index (χ3n) is 9.81. The number of hydrogen-bond acceptors (Lipinski definition) is 2. The first-order valence-corrected chi connectivity index (χ1v) is 16.4. The first-order valence-electron chi connectivity index (χ1n) is 16.4. The summed E-state index contributed by atoms with van der Waals surface area (Å²) in [6.07, 6.45) is 0. The van der Waals surface area contributed by atoms with Crippen LogP contribution < -0.4 is 4.90 Å². The second-order valence-corrected chi connectivity index (χ2v) is 12.5. The Bertz CT molecular complexity index is 2820. The average Bonchev–Trinajstić information content (AvgIpc) is 3.53. The zero-order chi connectivity index (χ0) is 31.6. The van der Waals surface area contributed by atoms with E-state index in [9.17, 15) is 0 Å². The summed E-state index contributed by atoms with van der Waals surface area (Å²) in [5.74, 6) is 0. The SMILES string of the molecule is c1ccc2c(-c3ccc(N(c4ccc5c(c4)oc4ccccc45)c4cc5ccccc5c5c4ccc4ccccc45)cc3)cccc2c1. The van der Waals surface area contributed by atoms with E-state index in [-0.39, 0.29) is 0 Å². The predicted octanol–water partition coefficient (Wildman–Crippen LogP) is 13.3. The van der Waals surface area contributed by atoms with E-state index in [2.05, 4.69) is 169 Å². The molecule has 1 heterocycles. The van der Waals surface area contributed by atoms with Crippen LogP contribution in [0.3, 0.4) is 0 Å². The Hall–Kier alpha value is -6.38. The van der Waals surface area contributed by atoms with Crippen LogP contribution in [0.5, 0.6) is 0 Å². The molecule has 0 amide bonds. The molecule has 0 bridgehead atoms. The summed E-state index contributed by atoms with van der Waals surface area (Å²) < 4.78 is 6.42. The molecule has 0 saturated carbocycles. The number of fused-ring (bicyclic) bond motifs is 9. The summed E-state index contributed by atoms with van der Waals surface area (Å²) >= 11 is 0. The summed E-state index contributed by atoms with van der Waals surface area (Å²) in [6.45, 7) is 0. The van der Waals surface area contributed by atoms with E-state index in [1.807, 2.05) is 12.1 Å². The lowest BCUT2D eigenvalue weighted by Crippen LogP contribution is -2.10. The van der Waals surface area contributed by atoms with E-state index in [0.29, 0.717) is 0 Å². The van der Waals surface area contributed by atoms with Crippen molar-refractivity contribution < 1.29 is 4.42 Å². The summed E-state index contributed by atoms with van der Waals surface area (Å²) in [5.41, 5.74) is 7.46. The van der Waals surface area contributed by atoms with E-state index in [4.69, 9.17) is 4.42 Å². The first kappa shape index (κ1) is 26.8. The Kier molecular flexibility index (Phi) is 5.91. The largest absolute Gasteiger partial charge is 0.456 e. The van der Waals surface area contributed by atoms with Gasteiger partial charge in [0.2, 0.25) is 0 Å². The summed E-state index contributed by atoms with van der Waals surface area (Å²) in [7, 11) is 0. The molecule has 2 heteroatoms. The Morgan fingerprint density at radius 2 is 0.938 bits per heavy atom. The monoisotopic (exact) mass is 611 g/mol. The van der Waals surface area contributed by atoms with E-state index in [1.54, 1.807) is 0 Å². The molecule has 0 aliphatic carbocycles. The minimum atomic E-state index is 0.877. The number of anilines is 3. The Balaban J connectivity index is 1.24. The fourth-order valence-corrected chi connectivity index (χ4v) is 7.58. The molecule has 10 rings (SSSR count). The fourth-order valence-electron chi connectivity index (χ4n) is 7.58. The lowest BCUT2D eigenvalue weighted by molar-refractivity contribution is 0.669. The van der Waals surface area contributed by atoms with Crippen LogP contribution in [0.4, 0.5) is 17.1 Å². The summed E-state index contributed by atoms with van der Waals surface area (Å²) in [6, 6.07) is 63.4. The van der Waals surface area contributed by atoms with Crippen LogP contribution in [0.1, 0.15) is 0 Å². The van der Waals surface area contributed by atoms with Crippen molar-refractivity contribution in [3.05, 3.63) is 176 Å². The fraction of sp³-hybridized carbons (Fsp3) is 0. The van der Waals surface area contributed by atoms with Crippen LogP contribution in [0.2, 0.25) is 0 Å². The summed E-state index contributed by atoms with van der Waals surface area (Å²) in [5, 5.41) is 12.2. The molecule has 48 heavy (non-hydrogen) atoms. The number of rotatable bonds is 4. The third kappa shape index (κ3) is 4.13. The highest BCUT2D eigenvalue weighted by atomic mass is 16.3. The molecule has 9 aromatic carbocycles. The molecule has 0 aliphatic heterocycles. The van der Waals surface area contributed by atoms with E-state index < -0.39 is 0 Å². The lowest BCUT2D eigenvalue weighted by Gasteiger charge is -2.28. The van der Waals surface area contributed by atoms with Gasteiger partial charge in [0.15, 0.2) is 0 Å². The molecule has 0 fully saturated rings. The van der Waals surface area contributed by atoms with Gasteiger partial charge in [0.1, 0.15) is 11.2 Å². The Morgan fingerprint density at radius 3 is 1.75 bits per heavy atom. The van der Waals surface area contributed by atoms with E-state index in [0.717, 1.165) is 39.0 Å². The van der Waals surface area contributed by atoms with Crippen molar-refractivity contribution in [1.82, 2.24) is 0 Å². The van der Waals surface area contributed by atoms with Crippen LogP contribution in [0.25, 0.3) is 76.2 Å². The molecule has 0 radical (unpaired) electrons. The van der Waals surface area contributed by atoms with Gasteiger partial charge >= 0.3 is 0 Å². The van der Waals surface area contributed by atoms with Gasteiger partial charge in [-0.2, -0.15) is 0 Å². The molecule has 10 aromatic rings. The number of para-hydroxylation sites is 1. The van der Waals surface area contributed by atoms with Gasteiger partial charge in [0, 0.05) is 33.6 Å². The zero-order valence-corrected chi connectivity index (χ0v) is 26.1. The Labute approximate surface area is 277 Å². The quantitative estimate of drug-likeness (QED) is 0.184. The van der Waals surface area contributed by atoms with Crippen LogP contribution in [0, 0.1) is 0 Å². The van der Waals surface area contributed by atoms with Crippen LogP contribution >= 0.6 is 0 Å². The number of furan rings is 1. The highest BCUT2D eigenvalue weighted by Crippen LogP contribution is 2.45. The third-order valence-corrected chi connectivity index (χ3v) is 9.81. The number of benzene rings is 9. The van der Waals surface area contributed by atoms with Crippen LogP contribution in [-0.4, -0.2) is 0 Å². The van der Waals surface area contributed by atoms with Crippen molar-refractivity contribution in [3.63, 3.8) is 0 Å². The van der Waals surface area contributed by atoms with Gasteiger partial charge in [-0.1, -0.05) is 133 Å². The molecule has 224 valence electrons. The van der Waals surface area contributed by atoms with Gasteiger partial charge < -0.3 is 9.32 Å². The van der Waals surface area contributed by atoms with Crippen molar-refractivity contribution in [1.29, 1.82) is 0 Å². The van der Waals surface area contributed by atoms with E-state index >= 15 is 0 Å². The predicted molar refractivity (Wildman–Crippen MR) is 204 cm³/mol. The van der Waals surface area contributed by atoms with Gasteiger partial charge in [-0.05, 0) is 85.2 Å². The molecule has 0 spiro atoms. The smallest absolute Gasteiger partial charge is 0.137 e. The molecule has 2 nitrogen and oxygen atoms in total. The van der Waals surface area contributed by atoms with Gasteiger partial charge in [-0.25, -0.2) is 0 Å². The molecular formula is C46H29NO. The number of nitrogens with zero attached hydrogens (tertiary/aromatic N) is 1. The lowest BCUT2D eigenvalue weighted by atomic mass is 9.94. The zero-order valence-electron chi connectivity index (χ0n) is 26.1. The maximum absolute atomic E-state index is 6.42. The normalized spacial score (nSPS) is 11.8. The highest BCUT2D eigenvalue weighted by Gasteiger charge is 2.20. The highest BCUT2D eigenvalue weighted by molar-refractivity contribution is 6.24. The standard InChI is InChI=1S/C46H29NO/c1-4-14-36-30(10-1)13-9-18-37(36)32-20-23-34(24-21-32)47(35-25-27-41-40-17-7-8-19-44(40)48-45(41)29-35)43-28-33-12-3-6-16-39(33)46-38-15-5-2-11-31(38)22-26-42(43)46/h1-29H. The van der Waals surface area contributed by atoms with Gasteiger partial charge in [-0.15, -0.1) is 0 Å². The summed E-state index contributed by atoms with van der Waals surface area (Å²) in [4.78, 5) is 2.39. The van der Waals surface area contributed by atoms with Crippen LogP contribution in [-0.2, 0) is 0 Å². The second-order valence-electron chi connectivity index (χ2n) is 12.5. The molecule has 0 aliphatic rings. The minimum Gasteiger partial charge on any atom is -0.456 e. The molecule has 0 unspecified atom stereocenters. The topological polar surface area (TPSA) is 16.4 Å². The number of hydrogen-bond donors (Lipinski definition) is 0. The van der Waals surface area contributed by atoms with Crippen LogP contribution in [0.15, 0.2) is 180 Å². The van der Waals surface area contributed by atoms with Crippen molar-refractivity contribution in [2.75, 3.05) is 4.90 Å². The average molecular weight is 612 g/mol. The first-order chi connectivity index (χ1) is 23.8. The van der Waals surface area contributed by atoms with Gasteiger partial charge in [0.25, 0.3) is 0 Å². The van der Waals surface area contributed by atoms with Crippen molar-refractivity contribution >= 4 is 82.1 Å². The van der Waals surface area contributed by atoms with Crippen molar-refractivity contribution in [3.8, 4) is 11.1 Å². The van der Waals surface area contributed by atoms with Crippen molar-refractivity contribution in [2.45, 2.75) is 0 Å². The molecule has 0 atom stereocenters. The maximum atomic E-state index is 6.42. The maximum Gasteiger partial charge on any atom is 0.137 e. The van der Waals surface area contributed by atoms with Gasteiger partial charge in [0.05, 0.1) is 5.69 Å².